The molecular weight excluding hydrogens is 322 g/mol. The average molecular weight is 349 g/mol. The van der Waals surface area contributed by atoms with Crippen molar-refractivity contribution in [3.8, 4) is 0 Å². The molecule has 0 aliphatic carbocycles. The quantitative estimate of drug-likeness (QED) is 0.741. The minimum absolute atomic E-state index is 0.156. The van der Waals surface area contributed by atoms with Crippen molar-refractivity contribution >= 4 is 11.0 Å². The molecule has 0 radical (unpaired) electrons. The molecule has 4 heteroatoms. The fourth-order valence-corrected chi connectivity index (χ4v) is 4.09. The number of aromatic nitrogens is 2. The zero-order valence-corrected chi connectivity index (χ0v) is 15.2. The number of aliphatic hydroxyl groups is 1. The Hall–Kier alpha value is -2.17. The van der Waals surface area contributed by atoms with Gasteiger partial charge in [0, 0.05) is 19.0 Å². The van der Waals surface area contributed by atoms with Crippen LogP contribution in [0.15, 0.2) is 54.6 Å². The maximum atomic E-state index is 9.48. The molecule has 0 spiro atoms. The van der Waals surface area contributed by atoms with Crippen molar-refractivity contribution in [3.63, 3.8) is 0 Å². The highest BCUT2D eigenvalue weighted by molar-refractivity contribution is 5.76. The maximum absolute atomic E-state index is 9.48. The number of nitrogens with zero attached hydrogens (tertiary/aromatic N) is 3. The number of hydrogen-bond acceptors (Lipinski definition) is 3. The molecule has 0 saturated carbocycles. The smallest absolute Gasteiger partial charge is 0.113 e. The van der Waals surface area contributed by atoms with Gasteiger partial charge in [-0.15, -0.1) is 0 Å². The predicted octanol–water partition coefficient (Wildman–Crippen LogP) is 3.45. The monoisotopic (exact) mass is 349 g/mol. The first-order valence-corrected chi connectivity index (χ1v) is 9.67. The van der Waals surface area contributed by atoms with Crippen LogP contribution in [0.2, 0.25) is 0 Å². The first-order chi connectivity index (χ1) is 12.8. The number of para-hydroxylation sites is 2. The molecule has 0 atom stereocenters. The molecule has 2 aromatic carbocycles. The van der Waals surface area contributed by atoms with E-state index in [1.165, 1.54) is 5.56 Å². The number of hydrogen-bond donors (Lipinski definition) is 1. The molecule has 1 fully saturated rings. The van der Waals surface area contributed by atoms with Crippen molar-refractivity contribution in [1.29, 1.82) is 0 Å². The third-order valence-electron chi connectivity index (χ3n) is 5.52. The summed E-state index contributed by atoms with van der Waals surface area (Å²) in [5.74, 6) is 1.64. The topological polar surface area (TPSA) is 41.3 Å². The summed E-state index contributed by atoms with van der Waals surface area (Å²) in [4.78, 5) is 7.48. The lowest BCUT2D eigenvalue weighted by atomic mass is 9.95. The van der Waals surface area contributed by atoms with Crippen molar-refractivity contribution in [2.24, 2.45) is 0 Å². The molecule has 4 nitrogen and oxygen atoms in total. The summed E-state index contributed by atoms with van der Waals surface area (Å²) in [6.45, 7) is 4.16. The van der Waals surface area contributed by atoms with Gasteiger partial charge < -0.3 is 14.6 Å². The van der Waals surface area contributed by atoms with Gasteiger partial charge in [0.05, 0.1) is 17.6 Å². The van der Waals surface area contributed by atoms with E-state index in [9.17, 15) is 5.11 Å². The first kappa shape index (κ1) is 17.3. The van der Waals surface area contributed by atoms with Crippen LogP contribution in [0.25, 0.3) is 11.0 Å². The second-order valence-corrected chi connectivity index (χ2v) is 7.19. The van der Waals surface area contributed by atoms with Crippen molar-refractivity contribution < 1.29 is 5.11 Å². The van der Waals surface area contributed by atoms with E-state index in [1.54, 1.807) is 0 Å². The van der Waals surface area contributed by atoms with Gasteiger partial charge in [-0.05, 0) is 50.0 Å². The van der Waals surface area contributed by atoms with Gasteiger partial charge in [-0.3, -0.25) is 0 Å². The van der Waals surface area contributed by atoms with Crippen molar-refractivity contribution in [1.82, 2.24) is 14.5 Å². The number of piperidine rings is 1. The summed E-state index contributed by atoms with van der Waals surface area (Å²) in [5.41, 5.74) is 3.60. The van der Waals surface area contributed by atoms with Gasteiger partial charge in [0.15, 0.2) is 0 Å². The lowest BCUT2D eigenvalue weighted by Crippen LogP contribution is -2.35. The van der Waals surface area contributed by atoms with Gasteiger partial charge in [-0.2, -0.15) is 0 Å². The maximum Gasteiger partial charge on any atom is 0.113 e. The lowest BCUT2D eigenvalue weighted by molar-refractivity contribution is 0.208. The van der Waals surface area contributed by atoms with Gasteiger partial charge >= 0.3 is 0 Å². The number of rotatable bonds is 6. The molecule has 3 aromatic rings. The Labute approximate surface area is 155 Å². The zero-order chi connectivity index (χ0) is 17.8. The lowest BCUT2D eigenvalue weighted by Gasteiger charge is -2.32. The summed E-state index contributed by atoms with van der Waals surface area (Å²) < 4.78 is 2.22. The molecule has 0 unspecified atom stereocenters. The van der Waals surface area contributed by atoms with Crippen LogP contribution in [0.3, 0.4) is 0 Å². The Kier molecular flexibility index (Phi) is 5.32. The van der Waals surface area contributed by atoms with Crippen LogP contribution in [0.4, 0.5) is 0 Å². The van der Waals surface area contributed by atoms with E-state index < -0.39 is 0 Å². The van der Waals surface area contributed by atoms with Crippen LogP contribution < -0.4 is 0 Å². The molecule has 2 heterocycles. The van der Waals surface area contributed by atoms with Crippen LogP contribution in [0.5, 0.6) is 0 Å². The van der Waals surface area contributed by atoms with E-state index in [-0.39, 0.29) is 6.61 Å². The summed E-state index contributed by atoms with van der Waals surface area (Å²) in [5, 5.41) is 9.48. The number of imidazole rings is 1. The standard InChI is InChI=1S/C22H27N3O/c26-17-16-25-21-9-5-4-8-20(21)23-22(25)19-11-14-24(15-12-19)13-10-18-6-2-1-3-7-18/h1-9,19,26H,10-17H2. The number of likely N-dealkylation sites (tertiary alicyclic amines) is 1. The number of aliphatic hydroxyl groups excluding tert-OH is 1. The Morgan fingerprint density at radius 3 is 2.42 bits per heavy atom. The van der Waals surface area contributed by atoms with Gasteiger partial charge in [0.2, 0.25) is 0 Å². The minimum atomic E-state index is 0.156. The molecule has 136 valence electrons. The van der Waals surface area contributed by atoms with Crippen molar-refractivity contribution in [3.05, 3.63) is 66.0 Å². The SMILES string of the molecule is OCCn1c(C2CCN(CCc3ccccc3)CC2)nc2ccccc21. The van der Waals surface area contributed by atoms with Crippen LogP contribution in [-0.2, 0) is 13.0 Å². The van der Waals surface area contributed by atoms with Crippen molar-refractivity contribution in [2.75, 3.05) is 26.2 Å². The van der Waals surface area contributed by atoms with E-state index in [2.05, 4.69) is 51.9 Å². The molecule has 0 amide bonds. The average Bonchev–Trinajstić information content (AvgIpc) is 3.07. The van der Waals surface area contributed by atoms with Crippen LogP contribution >= 0.6 is 0 Å². The van der Waals surface area contributed by atoms with E-state index >= 15 is 0 Å². The van der Waals surface area contributed by atoms with E-state index in [0.717, 1.165) is 55.8 Å². The van der Waals surface area contributed by atoms with Gasteiger partial charge in [0.1, 0.15) is 5.82 Å². The molecule has 1 N–H and O–H groups in total. The zero-order valence-electron chi connectivity index (χ0n) is 15.2. The summed E-state index contributed by atoms with van der Waals surface area (Å²) in [6.07, 6.45) is 3.40. The first-order valence-electron chi connectivity index (χ1n) is 9.67. The molecule has 26 heavy (non-hydrogen) atoms. The Balaban J connectivity index is 1.41. The normalized spacial score (nSPS) is 16.3. The third kappa shape index (κ3) is 3.67. The molecule has 1 saturated heterocycles. The fraction of sp³-hybridized carbons (Fsp3) is 0.409. The van der Waals surface area contributed by atoms with Gasteiger partial charge in [-0.25, -0.2) is 4.98 Å². The molecule has 1 aromatic heterocycles. The highest BCUT2D eigenvalue weighted by Gasteiger charge is 2.25. The van der Waals surface area contributed by atoms with Crippen LogP contribution in [0, 0.1) is 0 Å². The van der Waals surface area contributed by atoms with Crippen LogP contribution in [-0.4, -0.2) is 45.8 Å². The molecule has 4 rings (SSSR count). The summed E-state index contributed by atoms with van der Waals surface area (Å²) >= 11 is 0. The van der Waals surface area contributed by atoms with E-state index in [1.807, 2.05) is 12.1 Å². The highest BCUT2D eigenvalue weighted by atomic mass is 16.3. The number of benzene rings is 2. The third-order valence-corrected chi connectivity index (χ3v) is 5.52. The summed E-state index contributed by atoms with van der Waals surface area (Å²) in [7, 11) is 0. The Morgan fingerprint density at radius 1 is 0.923 bits per heavy atom. The van der Waals surface area contributed by atoms with E-state index in [0.29, 0.717) is 12.5 Å². The second kappa shape index (κ2) is 8.02. The minimum Gasteiger partial charge on any atom is -0.395 e. The molecule has 0 bridgehead atoms. The Bertz CT molecular complexity index is 835. The predicted molar refractivity (Wildman–Crippen MR) is 105 cm³/mol. The molecule has 1 aliphatic rings. The number of fused-ring (bicyclic) bond motifs is 1. The molecular formula is C22H27N3O. The highest BCUT2D eigenvalue weighted by Crippen LogP contribution is 2.30. The van der Waals surface area contributed by atoms with Crippen molar-refractivity contribution in [2.45, 2.75) is 31.7 Å². The second-order valence-electron chi connectivity index (χ2n) is 7.19. The molecule has 1 aliphatic heterocycles. The van der Waals surface area contributed by atoms with Crippen LogP contribution in [0.1, 0.15) is 30.1 Å². The largest absolute Gasteiger partial charge is 0.395 e. The summed E-state index contributed by atoms with van der Waals surface area (Å²) in [6, 6.07) is 19.0. The van der Waals surface area contributed by atoms with E-state index in [4.69, 9.17) is 4.98 Å². The van der Waals surface area contributed by atoms with Gasteiger partial charge in [-0.1, -0.05) is 42.5 Å². The Morgan fingerprint density at radius 2 is 1.65 bits per heavy atom. The fourth-order valence-electron chi connectivity index (χ4n) is 4.09. The van der Waals surface area contributed by atoms with Gasteiger partial charge in [0.25, 0.3) is 0 Å².